The maximum atomic E-state index is 9.99. The minimum atomic E-state index is -0.151. The van der Waals surface area contributed by atoms with Crippen LogP contribution in [0.25, 0.3) is 0 Å². The van der Waals surface area contributed by atoms with Crippen LogP contribution >= 0.6 is 0 Å². The van der Waals surface area contributed by atoms with E-state index in [2.05, 4.69) is 20.8 Å². The molecule has 2 heteroatoms. The molecule has 1 aliphatic carbocycles. The molecular formula is C11H23NO. The third-order valence-electron chi connectivity index (χ3n) is 3.17. The van der Waals surface area contributed by atoms with E-state index in [1.807, 2.05) is 0 Å². The topological polar surface area (TPSA) is 46.2 Å². The molecule has 1 rings (SSSR count). The standard InChI is InChI=1S/C11H23NO/c1-7(2)4-9(6-12)11(13)10-5-8(10)3/h7-11,13H,4-6,12H2,1-3H3. The average molecular weight is 185 g/mol. The molecule has 0 bridgehead atoms. The predicted molar refractivity (Wildman–Crippen MR) is 55.3 cm³/mol. The minimum absolute atomic E-state index is 0.151. The molecule has 1 saturated carbocycles. The highest BCUT2D eigenvalue weighted by molar-refractivity contribution is 4.91. The smallest absolute Gasteiger partial charge is 0.0611 e. The first-order valence-corrected chi connectivity index (χ1v) is 5.44. The second-order valence-corrected chi connectivity index (χ2v) is 4.99. The monoisotopic (exact) mass is 185 g/mol. The first-order chi connectivity index (χ1) is 6.06. The summed E-state index contributed by atoms with van der Waals surface area (Å²) in [5.41, 5.74) is 5.67. The van der Waals surface area contributed by atoms with Crippen LogP contribution in [-0.2, 0) is 0 Å². The van der Waals surface area contributed by atoms with Crippen LogP contribution in [0.4, 0.5) is 0 Å². The second-order valence-electron chi connectivity index (χ2n) is 4.99. The quantitative estimate of drug-likeness (QED) is 0.683. The van der Waals surface area contributed by atoms with Crippen molar-refractivity contribution < 1.29 is 5.11 Å². The summed E-state index contributed by atoms with van der Waals surface area (Å²) in [6, 6.07) is 0. The molecule has 0 aromatic heterocycles. The van der Waals surface area contributed by atoms with Gasteiger partial charge in [-0.2, -0.15) is 0 Å². The van der Waals surface area contributed by atoms with Crippen LogP contribution in [0.1, 0.15) is 33.6 Å². The number of nitrogens with two attached hydrogens (primary N) is 1. The van der Waals surface area contributed by atoms with Gasteiger partial charge in [0.25, 0.3) is 0 Å². The highest BCUT2D eigenvalue weighted by Crippen LogP contribution is 2.43. The van der Waals surface area contributed by atoms with Crippen LogP contribution < -0.4 is 5.73 Å². The zero-order valence-electron chi connectivity index (χ0n) is 9.03. The average Bonchev–Trinajstić information content (AvgIpc) is 2.77. The van der Waals surface area contributed by atoms with E-state index in [9.17, 15) is 5.11 Å². The van der Waals surface area contributed by atoms with Crippen LogP contribution in [-0.4, -0.2) is 17.8 Å². The van der Waals surface area contributed by atoms with Gasteiger partial charge in [0.05, 0.1) is 6.10 Å². The number of hydrogen-bond acceptors (Lipinski definition) is 2. The van der Waals surface area contributed by atoms with E-state index < -0.39 is 0 Å². The summed E-state index contributed by atoms with van der Waals surface area (Å²) in [5, 5.41) is 9.99. The van der Waals surface area contributed by atoms with Crippen molar-refractivity contribution in [2.75, 3.05) is 6.54 Å². The van der Waals surface area contributed by atoms with E-state index in [1.54, 1.807) is 0 Å². The molecule has 1 fully saturated rings. The van der Waals surface area contributed by atoms with Crippen LogP contribution in [0, 0.1) is 23.7 Å². The van der Waals surface area contributed by atoms with E-state index in [4.69, 9.17) is 5.73 Å². The molecule has 0 saturated heterocycles. The molecule has 1 aliphatic rings. The lowest BCUT2D eigenvalue weighted by molar-refractivity contribution is 0.0749. The van der Waals surface area contributed by atoms with Crippen LogP contribution in [0.15, 0.2) is 0 Å². The highest BCUT2D eigenvalue weighted by atomic mass is 16.3. The molecule has 0 spiro atoms. The number of aliphatic hydroxyl groups is 1. The third kappa shape index (κ3) is 2.96. The maximum Gasteiger partial charge on any atom is 0.0611 e. The Bertz CT molecular complexity index is 158. The normalized spacial score (nSPS) is 31.8. The van der Waals surface area contributed by atoms with Gasteiger partial charge in [-0.15, -0.1) is 0 Å². The minimum Gasteiger partial charge on any atom is -0.392 e. The zero-order chi connectivity index (χ0) is 10.0. The van der Waals surface area contributed by atoms with E-state index in [1.165, 1.54) is 6.42 Å². The lowest BCUT2D eigenvalue weighted by Crippen LogP contribution is -2.31. The Morgan fingerprint density at radius 2 is 2.00 bits per heavy atom. The highest BCUT2D eigenvalue weighted by Gasteiger charge is 2.41. The van der Waals surface area contributed by atoms with Gasteiger partial charge in [0.2, 0.25) is 0 Å². The van der Waals surface area contributed by atoms with Gasteiger partial charge in [0.1, 0.15) is 0 Å². The SMILES string of the molecule is CC(C)CC(CN)C(O)C1CC1C. The van der Waals surface area contributed by atoms with Crippen molar-refractivity contribution in [2.24, 2.45) is 29.4 Å². The van der Waals surface area contributed by atoms with Gasteiger partial charge in [-0.1, -0.05) is 20.8 Å². The van der Waals surface area contributed by atoms with Crippen LogP contribution in [0.2, 0.25) is 0 Å². The van der Waals surface area contributed by atoms with Gasteiger partial charge in [-0.05, 0) is 43.1 Å². The molecule has 0 amide bonds. The Kier molecular flexibility index (Phi) is 3.74. The first kappa shape index (κ1) is 11.0. The van der Waals surface area contributed by atoms with Crippen molar-refractivity contribution in [3.05, 3.63) is 0 Å². The molecule has 0 aromatic carbocycles. The van der Waals surface area contributed by atoms with Crippen molar-refractivity contribution in [2.45, 2.75) is 39.7 Å². The largest absolute Gasteiger partial charge is 0.392 e. The van der Waals surface area contributed by atoms with Gasteiger partial charge in [-0.25, -0.2) is 0 Å². The van der Waals surface area contributed by atoms with Gasteiger partial charge in [-0.3, -0.25) is 0 Å². The lowest BCUT2D eigenvalue weighted by atomic mass is 9.89. The summed E-state index contributed by atoms with van der Waals surface area (Å²) >= 11 is 0. The van der Waals surface area contributed by atoms with E-state index >= 15 is 0 Å². The van der Waals surface area contributed by atoms with Crippen molar-refractivity contribution in [3.63, 3.8) is 0 Å². The molecule has 78 valence electrons. The van der Waals surface area contributed by atoms with Gasteiger partial charge in [0.15, 0.2) is 0 Å². The Hall–Kier alpha value is -0.0800. The second kappa shape index (κ2) is 4.43. The van der Waals surface area contributed by atoms with Crippen LogP contribution in [0.3, 0.4) is 0 Å². The number of hydrogen-bond donors (Lipinski definition) is 2. The Labute approximate surface area is 81.5 Å². The fraction of sp³-hybridized carbons (Fsp3) is 1.00. The van der Waals surface area contributed by atoms with Crippen molar-refractivity contribution in [1.29, 1.82) is 0 Å². The van der Waals surface area contributed by atoms with Gasteiger partial charge in [0, 0.05) is 0 Å². The van der Waals surface area contributed by atoms with Crippen LogP contribution in [0.5, 0.6) is 0 Å². The van der Waals surface area contributed by atoms with Gasteiger partial charge >= 0.3 is 0 Å². The Balaban J connectivity index is 2.36. The Morgan fingerprint density at radius 1 is 1.46 bits per heavy atom. The summed E-state index contributed by atoms with van der Waals surface area (Å²) in [5.74, 6) is 2.20. The number of aliphatic hydroxyl groups excluding tert-OH is 1. The maximum absolute atomic E-state index is 9.99. The van der Waals surface area contributed by atoms with E-state index in [-0.39, 0.29) is 6.10 Å². The third-order valence-corrected chi connectivity index (χ3v) is 3.17. The molecule has 13 heavy (non-hydrogen) atoms. The van der Waals surface area contributed by atoms with E-state index in [0.717, 1.165) is 12.3 Å². The molecular weight excluding hydrogens is 162 g/mol. The van der Waals surface area contributed by atoms with Crippen molar-refractivity contribution in [1.82, 2.24) is 0 Å². The van der Waals surface area contributed by atoms with E-state index in [0.29, 0.717) is 24.3 Å². The molecule has 4 unspecified atom stereocenters. The summed E-state index contributed by atoms with van der Waals surface area (Å²) in [7, 11) is 0. The molecule has 0 aliphatic heterocycles. The number of rotatable bonds is 5. The lowest BCUT2D eigenvalue weighted by Gasteiger charge is -2.23. The van der Waals surface area contributed by atoms with Crippen molar-refractivity contribution >= 4 is 0 Å². The fourth-order valence-electron chi connectivity index (χ4n) is 2.16. The molecule has 0 radical (unpaired) electrons. The fourth-order valence-corrected chi connectivity index (χ4v) is 2.16. The zero-order valence-corrected chi connectivity index (χ0v) is 9.03. The Morgan fingerprint density at radius 3 is 2.31 bits per heavy atom. The molecule has 0 aromatic rings. The first-order valence-electron chi connectivity index (χ1n) is 5.44. The summed E-state index contributed by atoms with van der Waals surface area (Å²) < 4.78 is 0. The molecule has 4 atom stereocenters. The van der Waals surface area contributed by atoms with Gasteiger partial charge < -0.3 is 10.8 Å². The van der Waals surface area contributed by atoms with Crippen molar-refractivity contribution in [3.8, 4) is 0 Å². The summed E-state index contributed by atoms with van der Waals surface area (Å²) in [4.78, 5) is 0. The summed E-state index contributed by atoms with van der Waals surface area (Å²) in [6.45, 7) is 7.21. The molecule has 2 nitrogen and oxygen atoms in total. The molecule has 3 N–H and O–H groups in total. The molecule has 0 heterocycles. The predicted octanol–water partition coefficient (Wildman–Crippen LogP) is 1.62. The summed E-state index contributed by atoms with van der Waals surface area (Å²) in [6.07, 6.45) is 2.10.